The second-order valence-corrected chi connectivity index (χ2v) is 6.17. The van der Waals surface area contributed by atoms with Crippen LogP contribution < -0.4 is 5.46 Å². The number of halogens is 1. The van der Waals surface area contributed by atoms with Crippen LogP contribution in [-0.2, 0) is 4.65 Å². The Bertz CT molecular complexity index is 515. The molecule has 1 aromatic rings. The lowest BCUT2D eigenvalue weighted by atomic mass is 9.54. The third-order valence-electron chi connectivity index (χ3n) is 4.30. The van der Waals surface area contributed by atoms with Gasteiger partial charge in [0.15, 0.2) is 0 Å². The summed E-state index contributed by atoms with van der Waals surface area (Å²) in [7, 11) is 0. The summed E-state index contributed by atoms with van der Waals surface area (Å²) < 4.78 is 19.8. The van der Waals surface area contributed by atoms with Crippen molar-refractivity contribution in [2.45, 2.75) is 39.6 Å². The molecule has 0 aliphatic carbocycles. The van der Waals surface area contributed by atoms with Crippen LogP contribution in [0.15, 0.2) is 18.2 Å². The average Bonchev–Trinajstić information content (AvgIpc) is 2.48. The van der Waals surface area contributed by atoms with Crippen LogP contribution in [0.4, 0.5) is 10.1 Å². The lowest BCUT2D eigenvalue weighted by Crippen LogP contribution is -2.37. The fourth-order valence-corrected chi connectivity index (χ4v) is 2.33. The highest BCUT2D eigenvalue weighted by molar-refractivity contribution is 6.68. The van der Waals surface area contributed by atoms with Crippen molar-refractivity contribution < 1.29 is 14.0 Å². The summed E-state index contributed by atoms with van der Waals surface area (Å²) in [4.78, 5) is 10.3. The quantitative estimate of drug-likeness (QED) is 0.469. The molecule has 0 spiro atoms. The molecule has 1 fully saturated rings. The van der Waals surface area contributed by atoms with E-state index in [2.05, 4.69) is 13.8 Å². The van der Waals surface area contributed by atoms with Crippen molar-refractivity contribution in [3.8, 4) is 0 Å². The number of hydrogen-bond donors (Lipinski definition) is 0. The van der Waals surface area contributed by atoms with E-state index in [-0.39, 0.29) is 16.6 Å². The van der Waals surface area contributed by atoms with Crippen LogP contribution in [0.3, 0.4) is 0 Å². The summed E-state index contributed by atoms with van der Waals surface area (Å²) in [6, 6.07) is 3.58. The highest BCUT2D eigenvalue weighted by Gasteiger charge is 2.50. The molecule has 1 heterocycles. The van der Waals surface area contributed by atoms with Crippen LogP contribution in [0.1, 0.15) is 27.7 Å². The van der Waals surface area contributed by atoms with E-state index in [0.29, 0.717) is 6.32 Å². The van der Waals surface area contributed by atoms with Gasteiger partial charge in [-0.2, -0.15) is 0 Å². The third-order valence-corrected chi connectivity index (χ3v) is 4.30. The van der Waals surface area contributed by atoms with Gasteiger partial charge in [-0.3, -0.25) is 10.1 Å². The number of nitro benzene ring substituents is 1. The first-order chi connectivity index (χ1) is 8.64. The van der Waals surface area contributed by atoms with Crippen molar-refractivity contribution in [1.82, 2.24) is 0 Å². The molecular weight excluding hydrogens is 248 g/mol. The third kappa shape index (κ3) is 2.37. The molecule has 0 amide bonds. The Hall–Kier alpha value is -1.43. The molecule has 6 heteroatoms. The van der Waals surface area contributed by atoms with Crippen LogP contribution in [0.2, 0.25) is 6.32 Å². The summed E-state index contributed by atoms with van der Waals surface area (Å²) in [5, 5.41) is 10.8. The summed E-state index contributed by atoms with van der Waals surface area (Å²) in [6.45, 7) is 7.60. The predicted octanol–water partition coefficient (Wildman–Crippen LogP) is 2.77. The molecule has 1 aromatic carbocycles. The van der Waals surface area contributed by atoms with E-state index in [9.17, 15) is 14.5 Å². The standard InChI is InChI=1S/C13H17BFNO3/c1-12(2)8-14(19-13(12,3)4)10-7-9(16(17)18)5-6-11(10)15/h5-7H,8H2,1-4H3. The smallest absolute Gasteiger partial charge is 0.331 e. The zero-order valence-electron chi connectivity index (χ0n) is 11.6. The molecule has 1 aliphatic heterocycles. The maximum Gasteiger partial charge on any atom is 0.331 e. The van der Waals surface area contributed by atoms with E-state index >= 15 is 0 Å². The average molecular weight is 265 g/mol. The van der Waals surface area contributed by atoms with Gasteiger partial charge in [0.05, 0.1) is 10.5 Å². The molecule has 1 aliphatic rings. The van der Waals surface area contributed by atoms with Gasteiger partial charge in [0.25, 0.3) is 5.69 Å². The Balaban J connectivity index is 2.39. The number of rotatable bonds is 2. The summed E-state index contributed by atoms with van der Waals surface area (Å²) in [5.41, 5.74) is -0.348. The number of nitro groups is 1. The summed E-state index contributed by atoms with van der Waals surface area (Å²) in [5.74, 6) is -0.455. The normalized spacial score (nSPS) is 20.6. The lowest BCUT2D eigenvalue weighted by Gasteiger charge is -2.34. The van der Waals surface area contributed by atoms with Gasteiger partial charge in [0.2, 0.25) is 0 Å². The highest BCUT2D eigenvalue weighted by Crippen LogP contribution is 2.45. The molecule has 2 rings (SSSR count). The second kappa shape index (κ2) is 4.30. The molecule has 0 saturated carbocycles. The predicted molar refractivity (Wildman–Crippen MR) is 72.2 cm³/mol. The molecule has 19 heavy (non-hydrogen) atoms. The Morgan fingerprint density at radius 3 is 2.47 bits per heavy atom. The molecule has 0 N–H and O–H groups in total. The second-order valence-electron chi connectivity index (χ2n) is 6.17. The van der Waals surface area contributed by atoms with Crippen LogP contribution in [-0.4, -0.2) is 17.4 Å². The van der Waals surface area contributed by atoms with Gasteiger partial charge in [-0.1, -0.05) is 13.8 Å². The van der Waals surface area contributed by atoms with Gasteiger partial charge < -0.3 is 4.65 Å². The van der Waals surface area contributed by atoms with Crippen molar-refractivity contribution in [3.63, 3.8) is 0 Å². The monoisotopic (exact) mass is 265 g/mol. The minimum absolute atomic E-state index is 0.109. The zero-order chi connectivity index (χ0) is 14.4. The van der Waals surface area contributed by atoms with E-state index in [0.717, 1.165) is 6.07 Å². The molecular formula is C13H17BFNO3. The number of nitrogens with zero attached hydrogens (tertiary/aromatic N) is 1. The molecule has 102 valence electrons. The fraction of sp³-hybridized carbons (Fsp3) is 0.538. The van der Waals surface area contributed by atoms with Crippen molar-refractivity contribution >= 4 is 18.1 Å². The van der Waals surface area contributed by atoms with Gasteiger partial charge in [-0.25, -0.2) is 4.39 Å². The molecule has 1 saturated heterocycles. The van der Waals surface area contributed by atoms with Gasteiger partial charge in [-0.05, 0) is 37.1 Å². The van der Waals surface area contributed by atoms with Gasteiger partial charge in [0, 0.05) is 12.1 Å². The summed E-state index contributed by atoms with van der Waals surface area (Å²) in [6.07, 6.45) is 0.637. The van der Waals surface area contributed by atoms with Crippen molar-refractivity contribution in [2.75, 3.05) is 0 Å². The van der Waals surface area contributed by atoms with E-state index in [1.807, 2.05) is 13.8 Å². The van der Waals surface area contributed by atoms with Crippen molar-refractivity contribution in [2.24, 2.45) is 5.41 Å². The Morgan fingerprint density at radius 2 is 2.00 bits per heavy atom. The largest absolute Gasteiger partial charge is 0.425 e. The minimum atomic E-state index is -0.520. The first-order valence-corrected chi connectivity index (χ1v) is 6.26. The lowest BCUT2D eigenvalue weighted by molar-refractivity contribution is -0.384. The van der Waals surface area contributed by atoms with Gasteiger partial charge >= 0.3 is 6.92 Å². The molecule has 0 bridgehead atoms. The Kier molecular flexibility index (Phi) is 3.17. The SMILES string of the molecule is CC1(C)CB(c2cc([N+](=O)[O-])ccc2F)OC1(C)C. The first kappa shape index (κ1) is 14.0. The maximum absolute atomic E-state index is 13.9. The Labute approximate surface area is 112 Å². The number of non-ortho nitro benzene ring substituents is 1. The van der Waals surface area contributed by atoms with E-state index in [1.165, 1.54) is 12.1 Å². The fourth-order valence-electron chi connectivity index (χ4n) is 2.33. The van der Waals surface area contributed by atoms with E-state index < -0.39 is 23.3 Å². The van der Waals surface area contributed by atoms with Gasteiger partial charge in [0.1, 0.15) is 5.82 Å². The van der Waals surface area contributed by atoms with Crippen LogP contribution in [0.25, 0.3) is 0 Å². The van der Waals surface area contributed by atoms with Crippen LogP contribution >= 0.6 is 0 Å². The minimum Gasteiger partial charge on any atom is -0.425 e. The molecule has 4 nitrogen and oxygen atoms in total. The van der Waals surface area contributed by atoms with Crippen LogP contribution in [0.5, 0.6) is 0 Å². The number of hydrogen-bond acceptors (Lipinski definition) is 3. The zero-order valence-corrected chi connectivity index (χ0v) is 11.6. The first-order valence-electron chi connectivity index (χ1n) is 6.26. The highest BCUT2D eigenvalue weighted by atomic mass is 19.1. The maximum atomic E-state index is 13.9. The topological polar surface area (TPSA) is 52.4 Å². The molecule has 0 radical (unpaired) electrons. The van der Waals surface area contributed by atoms with Crippen molar-refractivity contribution in [3.05, 3.63) is 34.1 Å². The van der Waals surface area contributed by atoms with E-state index in [4.69, 9.17) is 4.65 Å². The molecule has 0 unspecified atom stereocenters. The van der Waals surface area contributed by atoms with E-state index in [1.54, 1.807) is 0 Å². The van der Waals surface area contributed by atoms with Crippen molar-refractivity contribution in [1.29, 1.82) is 0 Å². The summed E-state index contributed by atoms with van der Waals surface area (Å²) >= 11 is 0. The van der Waals surface area contributed by atoms with Gasteiger partial charge in [-0.15, -0.1) is 0 Å². The van der Waals surface area contributed by atoms with Crippen LogP contribution in [0, 0.1) is 21.3 Å². The molecule has 0 aromatic heterocycles. The number of benzene rings is 1. The Morgan fingerprint density at radius 1 is 1.37 bits per heavy atom. The molecule has 0 atom stereocenters.